The molecule has 0 aromatic heterocycles. The van der Waals surface area contributed by atoms with Crippen molar-refractivity contribution in [1.82, 2.24) is 10.2 Å². The fraction of sp³-hybridized carbons (Fsp3) is 1.00. The van der Waals surface area contributed by atoms with Crippen molar-refractivity contribution in [3.05, 3.63) is 0 Å². The molecule has 0 aliphatic heterocycles. The van der Waals surface area contributed by atoms with Gasteiger partial charge in [0.05, 0.1) is 6.54 Å². The van der Waals surface area contributed by atoms with Gasteiger partial charge in [-0.1, -0.05) is 20.3 Å². The zero-order valence-electron chi connectivity index (χ0n) is 12.0. The number of hydrogen-bond acceptors (Lipinski definition) is 2. The van der Waals surface area contributed by atoms with Crippen molar-refractivity contribution in [3.8, 4) is 0 Å². The minimum absolute atomic E-state index is 0.0387. The van der Waals surface area contributed by atoms with E-state index < -0.39 is 12.7 Å². The molecule has 2 nitrogen and oxygen atoms in total. The molecule has 0 saturated carbocycles. The van der Waals surface area contributed by atoms with Crippen LogP contribution in [0.5, 0.6) is 0 Å². The van der Waals surface area contributed by atoms with E-state index in [1.807, 2.05) is 20.8 Å². The monoisotopic (exact) mass is 268 g/mol. The zero-order valence-corrected chi connectivity index (χ0v) is 12.0. The first-order valence-electron chi connectivity index (χ1n) is 6.85. The lowest BCUT2D eigenvalue weighted by Gasteiger charge is -2.35. The van der Waals surface area contributed by atoms with E-state index in [0.717, 1.165) is 25.8 Å². The lowest BCUT2D eigenvalue weighted by Crippen LogP contribution is -2.49. The SMILES string of the molecule is CCCNCC(CCC)N(CC(F)(F)F)C(C)C. The highest BCUT2D eigenvalue weighted by molar-refractivity contribution is 4.78. The normalized spacial score (nSPS) is 14.5. The van der Waals surface area contributed by atoms with Crippen molar-refractivity contribution in [3.63, 3.8) is 0 Å². The second-order valence-electron chi connectivity index (χ2n) is 5.03. The van der Waals surface area contributed by atoms with Gasteiger partial charge >= 0.3 is 6.18 Å². The van der Waals surface area contributed by atoms with Crippen molar-refractivity contribution >= 4 is 0 Å². The van der Waals surface area contributed by atoms with Gasteiger partial charge in [0.1, 0.15) is 0 Å². The maximum Gasteiger partial charge on any atom is 0.401 e. The van der Waals surface area contributed by atoms with Crippen LogP contribution in [0.3, 0.4) is 0 Å². The molecule has 0 aliphatic rings. The summed E-state index contributed by atoms with van der Waals surface area (Å²) in [4.78, 5) is 1.56. The average Bonchev–Trinajstić information content (AvgIpc) is 2.23. The minimum Gasteiger partial charge on any atom is -0.315 e. The molecular formula is C13H27F3N2. The van der Waals surface area contributed by atoms with E-state index in [1.165, 1.54) is 0 Å². The molecule has 0 radical (unpaired) electrons. The highest BCUT2D eigenvalue weighted by Gasteiger charge is 2.34. The fourth-order valence-corrected chi connectivity index (χ4v) is 2.10. The van der Waals surface area contributed by atoms with Crippen molar-refractivity contribution in [2.24, 2.45) is 0 Å². The Kier molecular flexibility index (Phi) is 8.61. The summed E-state index contributed by atoms with van der Waals surface area (Å²) in [6.07, 6.45) is -1.43. The summed E-state index contributed by atoms with van der Waals surface area (Å²) in [7, 11) is 0. The van der Waals surface area contributed by atoms with Crippen LogP contribution in [-0.4, -0.2) is 42.8 Å². The van der Waals surface area contributed by atoms with Crippen molar-refractivity contribution in [1.29, 1.82) is 0 Å². The topological polar surface area (TPSA) is 15.3 Å². The Labute approximate surface area is 109 Å². The van der Waals surface area contributed by atoms with Gasteiger partial charge in [0.2, 0.25) is 0 Å². The van der Waals surface area contributed by atoms with Gasteiger partial charge in [-0.25, -0.2) is 0 Å². The molecule has 1 unspecified atom stereocenters. The van der Waals surface area contributed by atoms with Gasteiger partial charge in [0.15, 0.2) is 0 Å². The third-order valence-electron chi connectivity index (χ3n) is 2.92. The van der Waals surface area contributed by atoms with Gasteiger partial charge in [0, 0.05) is 18.6 Å². The number of hydrogen-bond donors (Lipinski definition) is 1. The summed E-state index contributed by atoms with van der Waals surface area (Å²) in [5, 5.41) is 3.23. The second kappa shape index (κ2) is 8.75. The van der Waals surface area contributed by atoms with Crippen molar-refractivity contribution in [2.75, 3.05) is 19.6 Å². The molecule has 0 bridgehead atoms. The number of halogens is 3. The molecule has 0 saturated heterocycles. The summed E-state index contributed by atoms with van der Waals surface area (Å²) in [5.74, 6) is 0. The Bertz CT molecular complexity index is 205. The standard InChI is InChI=1S/C13H27F3N2/c1-5-7-12(9-17-8-6-2)18(11(3)4)10-13(14,15)16/h11-12,17H,5-10H2,1-4H3. The lowest BCUT2D eigenvalue weighted by molar-refractivity contribution is -0.155. The first-order chi connectivity index (χ1) is 8.31. The van der Waals surface area contributed by atoms with E-state index in [-0.39, 0.29) is 12.1 Å². The van der Waals surface area contributed by atoms with Crippen molar-refractivity contribution < 1.29 is 13.2 Å². The second-order valence-corrected chi connectivity index (χ2v) is 5.03. The first-order valence-corrected chi connectivity index (χ1v) is 6.85. The van der Waals surface area contributed by atoms with Crippen LogP contribution in [0.2, 0.25) is 0 Å². The van der Waals surface area contributed by atoms with E-state index in [4.69, 9.17) is 0 Å². The largest absolute Gasteiger partial charge is 0.401 e. The van der Waals surface area contributed by atoms with E-state index in [1.54, 1.807) is 4.90 Å². The first kappa shape index (κ1) is 17.7. The van der Waals surface area contributed by atoms with Crippen LogP contribution in [0.4, 0.5) is 13.2 Å². The Morgan fingerprint density at radius 2 is 1.72 bits per heavy atom. The van der Waals surface area contributed by atoms with Gasteiger partial charge in [-0.2, -0.15) is 13.2 Å². The highest BCUT2D eigenvalue weighted by atomic mass is 19.4. The third kappa shape index (κ3) is 7.93. The van der Waals surface area contributed by atoms with Gasteiger partial charge < -0.3 is 5.32 Å². The predicted molar refractivity (Wildman–Crippen MR) is 69.8 cm³/mol. The highest BCUT2D eigenvalue weighted by Crippen LogP contribution is 2.21. The maximum absolute atomic E-state index is 12.6. The summed E-state index contributed by atoms with van der Waals surface area (Å²) >= 11 is 0. The van der Waals surface area contributed by atoms with Gasteiger partial charge in [-0.3, -0.25) is 4.90 Å². The number of nitrogens with zero attached hydrogens (tertiary/aromatic N) is 1. The van der Waals surface area contributed by atoms with Gasteiger partial charge in [-0.05, 0) is 33.2 Å². The Morgan fingerprint density at radius 3 is 2.11 bits per heavy atom. The molecule has 1 N–H and O–H groups in total. The molecule has 0 rings (SSSR count). The van der Waals surface area contributed by atoms with Gasteiger partial charge in [-0.15, -0.1) is 0 Å². The van der Waals surface area contributed by atoms with Crippen LogP contribution in [0.1, 0.15) is 47.0 Å². The molecule has 0 fully saturated rings. The third-order valence-corrected chi connectivity index (χ3v) is 2.92. The van der Waals surface area contributed by atoms with Crippen LogP contribution in [0, 0.1) is 0 Å². The predicted octanol–water partition coefficient (Wildman–Crippen LogP) is 3.43. The van der Waals surface area contributed by atoms with Gasteiger partial charge in [0.25, 0.3) is 0 Å². The molecule has 0 aliphatic carbocycles. The summed E-state index contributed by atoms with van der Waals surface area (Å²) < 4.78 is 37.8. The smallest absolute Gasteiger partial charge is 0.315 e. The minimum atomic E-state index is -4.12. The zero-order chi connectivity index (χ0) is 14.2. The molecule has 110 valence electrons. The van der Waals surface area contributed by atoms with Crippen LogP contribution in [0.15, 0.2) is 0 Å². The number of nitrogens with one attached hydrogen (secondary N) is 1. The molecule has 0 aromatic rings. The van der Waals surface area contributed by atoms with Crippen LogP contribution >= 0.6 is 0 Å². The molecule has 0 heterocycles. The maximum atomic E-state index is 12.6. The number of alkyl halides is 3. The van der Waals surface area contributed by atoms with E-state index in [0.29, 0.717) is 6.54 Å². The lowest BCUT2D eigenvalue weighted by atomic mass is 10.1. The van der Waals surface area contributed by atoms with Crippen LogP contribution < -0.4 is 5.32 Å². The summed E-state index contributed by atoms with van der Waals surface area (Å²) in [6.45, 7) is 8.40. The van der Waals surface area contributed by atoms with E-state index >= 15 is 0 Å². The molecule has 0 spiro atoms. The van der Waals surface area contributed by atoms with Crippen LogP contribution in [-0.2, 0) is 0 Å². The summed E-state index contributed by atoms with van der Waals surface area (Å²) in [6, 6.07) is -0.130. The molecule has 1 atom stereocenters. The molecule has 18 heavy (non-hydrogen) atoms. The summed E-state index contributed by atoms with van der Waals surface area (Å²) in [5.41, 5.74) is 0. The molecule has 5 heteroatoms. The molecular weight excluding hydrogens is 241 g/mol. The van der Waals surface area contributed by atoms with Crippen LogP contribution in [0.25, 0.3) is 0 Å². The Balaban J connectivity index is 4.54. The van der Waals surface area contributed by atoms with E-state index in [2.05, 4.69) is 12.2 Å². The molecule has 0 aromatic carbocycles. The average molecular weight is 268 g/mol. The quantitative estimate of drug-likeness (QED) is 0.645. The Morgan fingerprint density at radius 1 is 1.11 bits per heavy atom. The van der Waals surface area contributed by atoms with Crippen molar-refractivity contribution in [2.45, 2.75) is 65.2 Å². The number of rotatable bonds is 9. The Hall–Kier alpha value is -0.290. The fourth-order valence-electron chi connectivity index (χ4n) is 2.10. The van der Waals surface area contributed by atoms with E-state index in [9.17, 15) is 13.2 Å². The molecule has 0 amide bonds.